The highest BCUT2D eigenvalue weighted by Gasteiger charge is 2.13. The Hall–Kier alpha value is -2.22. The molecule has 0 radical (unpaired) electrons. The number of rotatable bonds is 4. The van der Waals surface area contributed by atoms with Gasteiger partial charge in [0.05, 0.1) is 18.1 Å². The molecule has 0 aromatic carbocycles. The maximum absolute atomic E-state index is 11.0. The SMILES string of the molecule is NC(=O)Nc1ncnc2c1cnn2CCN1CCCCCC1. The van der Waals surface area contributed by atoms with Crippen LogP contribution in [0.4, 0.5) is 10.6 Å². The molecule has 0 spiro atoms. The van der Waals surface area contributed by atoms with Crippen LogP contribution in [0, 0.1) is 0 Å². The molecule has 8 heteroatoms. The molecule has 0 bridgehead atoms. The first-order valence-corrected chi connectivity index (χ1v) is 7.69. The van der Waals surface area contributed by atoms with Gasteiger partial charge >= 0.3 is 6.03 Å². The van der Waals surface area contributed by atoms with E-state index in [0.29, 0.717) is 16.9 Å². The summed E-state index contributed by atoms with van der Waals surface area (Å²) >= 11 is 0. The molecule has 0 saturated carbocycles. The summed E-state index contributed by atoms with van der Waals surface area (Å²) in [5, 5.41) is 7.57. The Morgan fingerprint density at radius 3 is 2.68 bits per heavy atom. The summed E-state index contributed by atoms with van der Waals surface area (Å²) < 4.78 is 1.86. The average molecular weight is 303 g/mol. The number of aromatic nitrogens is 4. The van der Waals surface area contributed by atoms with Crippen LogP contribution in [0.5, 0.6) is 0 Å². The maximum Gasteiger partial charge on any atom is 0.317 e. The topological polar surface area (TPSA) is 102 Å². The van der Waals surface area contributed by atoms with E-state index in [0.717, 1.165) is 26.2 Å². The first-order chi connectivity index (χ1) is 10.7. The Morgan fingerprint density at radius 2 is 1.95 bits per heavy atom. The molecule has 2 aromatic heterocycles. The molecule has 0 unspecified atom stereocenters. The van der Waals surface area contributed by atoms with Crippen molar-refractivity contribution in [2.75, 3.05) is 25.0 Å². The highest BCUT2D eigenvalue weighted by atomic mass is 16.2. The number of likely N-dealkylation sites (tertiary alicyclic amines) is 1. The quantitative estimate of drug-likeness (QED) is 0.883. The number of primary amides is 1. The standard InChI is InChI=1S/C14H21N7O/c15-14(22)19-12-11-9-18-21(13(11)17-10-16-12)8-7-20-5-3-1-2-4-6-20/h9-10H,1-8H2,(H3,15,16,17,19,22). The number of urea groups is 1. The van der Waals surface area contributed by atoms with Crippen LogP contribution in [-0.2, 0) is 6.54 Å². The van der Waals surface area contributed by atoms with Gasteiger partial charge in [0.2, 0.25) is 0 Å². The molecule has 0 aliphatic carbocycles. The van der Waals surface area contributed by atoms with Crippen LogP contribution in [0.25, 0.3) is 11.0 Å². The fourth-order valence-electron chi connectivity index (χ4n) is 2.87. The summed E-state index contributed by atoms with van der Waals surface area (Å²) in [7, 11) is 0. The third kappa shape index (κ3) is 3.33. The molecule has 1 saturated heterocycles. The largest absolute Gasteiger partial charge is 0.351 e. The minimum absolute atomic E-state index is 0.401. The smallest absolute Gasteiger partial charge is 0.317 e. The molecule has 22 heavy (non-hydrogen) atoms. The van der Waals surface area contributed by atoms with Crippen LogP contribution in [0.15, 0.2) is 12.5 Å². The predicted octanol–water partition coefficient (Wildman–Crippen LogP) is 1.19. The lowest BCUT2D eigenvalue weighted by Gasteiger charge is -2.19. The zero-order valence-electron chi connectivity index (χ0n) is 12.5. The van der Waals surface area contributed by atoms with Crippen LogP contribution >= 0.6 is 0 Å². The van der Waals surface area contributed by atoms with Gasteiger partial charge in [-0.2, -0.15) is 5.10 Å². The summed E-state index contributed by atoms with van der Waals surface area (Å²) in [5.74, 6) is 0.401. The van der Waals surface area contributed by atoms with E-state index in [9.17, 15) is 4.79 Å². The van der Waals surface area contributed by atoms with E-state index in [2.05, 4.69) is 25.3 Å². The minimum atomic E-state index is -0.641. The third-order valence-corrected chi connectivity index (χ3v) is 4.00. The van der Waals surface area contributed by atoms with Crippen molar-refractivity contribution >= 4 is 22.9 Å². The lowest BCUT2D eigenvalue weighted by atomic mass is 10.2. The van der Waals surface area contributed by atoms with Gasteiger partial charge in [-0.3, -0.25) is 5.32 Å². The second-order valence-corrected chi connectivity index (χ2v) is 5.57. The normalized spacial score (nSPS) is 16.5. The molecule has 3 N–H and O–H groups in total. The Labute approximate surface area is 128 Å². The molecular formula is C14H21N7O. The number of nitrogens with zero attached hydrogens (tertiary/aromatic N) is 5. The van der Waals surface area contributed by atoms with Gasteiger partial charge in [-0.15, -0.1) is 0 Å². The molecule has 2 aromatic rings. The summed E-state index contributed by atoms with van der Waals surface area (Å²) in [6.07, 6.45) is 8.29. The van der Waals surface area contributed by atoms with E-state index in [4.69, 9.17) is 5.73 Å². The maximum atomic E-state index is 11.0. The number of amides is 2. The van der Waals surface area contributed by atoms with Crippen molar-refractivity contribution < 1.29 is 4.79 Å². The summed E-state index contributed by atoms with van der Waals surface area (Å²) in [5.41, 5.74) is 5.87. The van der Waals surface area contributed by atoms with E-state index in [-0.39, 0.29) is 0 Å². The number of carbonyl (C=O) groups is 1. The number of hydrogen-bond acceptors (Lipinski definition) is 5. The molecule has 1 fully saturated rings. The van der Waals surface area contributed by atoms with Gasteiger partial charge in [0, 0.05) is 6.54 Å². The zero-order chi connectivity index (χ0) is 15.4. The average Bonchev–Trinajstić information content (AvgIpc) is 2.74. The second kappa shape index (κ2) is 6.69. The molecule has 3 heterocycles. The Kier molecular flexibility index (Phi) is 4.47. The van der Waals surface area contributed by atoms with Gasteiger partial charge in [-0.25, -0.2) is 19.4 Å². The number of fused-ring (bicyclic) bond motifs is 1. The van der Waals surface area contributed by atoms with Crippen molar-refractivity contribution in [3.63, 3.8) is 0 Å². The summed E-state index contributed by atoms with van der Waals surface area (Å²) in [4.78, 5) is 21.8. The molecule has 3 rings (SSSR count). The second-order valence-electron chi connectivity index (χ2n) is 5.57. The van der Waals surface area contributed by atoms with Crippen molar-refractivity contribution in [2.45, 2.75) is 32.2 Å². The van der Waals surface area contributed by atoms with Crippen molar-refractivity contribution in [3.8, 4) is 0 Å². The lowest BCUT2D eigenvalue weighted by molar-refractivity contribution is 0.259. The fraction of sp³-hybridized carbons (Fsp3) is 0.571. The lowest BCUT2D eigenvalue weighted by Crippen LogP contribution is -2.28. The third-order valence-electron chi connectivity index (χ3n) is 4.00. The molecule has 8 nitrogen and oxygen atoms in total. The van der Waals surface area contributed by atoms with E-state index in [1.165, 1.54) is 32.0 Å². The van der Waals surface area contributed by atoms with Gasteiger partial charge in [0.25, 0.3) is 0 Å². The number of anilines is 1. The van der Waals surface area contributed by atoms with Crippen molar-refractivity contribution in [3.05, 3.63) is 12.5 Å². The molecule has 1 aliphatic rings. The summed E-state index contributed by atoms with van der Waals surface area (Å²) in [6.45, 7) is 4.04. The van der Waals surface area contributed by atoms with Gasteiger partial charge < -0.3 is 10.6 Å². The van der Waals surface area contributed by atoms with Gasteiger partial charge in [-0.05, 0) is 25.9 Å². The van der Waals surface area contributed by atoms with E-state index >= 15 is 0 Å². The molecular weight excluding hydrogens is 282 g/mol. The molecule has 118 valence electrons. The van der Waals surface area contributed by atoms with E-state index in [1.807, 2.05) is 4.68 Å². The van der Waals surface area contributed by atoms with Crippen molar-refractivity contribution in [1.82, 2.24) is 24.6 Å². The van der Waals surface area contributed by atoms with Crippen LogP contribution in [0.1, 0.15) is 25.7 Å². The van der Waals surface area contributed by atoms with Crippen LogP contribution in [0.3, 0.4) is 0 Å². The summed E-state index contributed by atoms with van der Waals surface area (Å²) in [6, 6.07) is -0.641. The first-order valence-electron chi connectivity index (χ1n) is 7.69. The van der Waals surface area contributed by atoms with Gasteiger partial charge in [-0.1, -0.05) is 12.8 Å². The van der Waals surface area contributed by atoms with Crippen molar-refractivity contribution in [1.29, 1.82) is 0 Å². The number of nitrogens with one attached hydrogen (secondary N) is 1. The Bertz CT molecular complexity index is 646. The molecule has 1 aliphatic heterocycles. The Morgan fingerprint density at radius 1 is 1.18 bits per heavy atom. The Balaban J connectivity index is 1.72. The van der Waals surface area contributed by atoms with Gasteiger partial charge in [0.15, 0.2) is 5.65 Å². The predicted molar refractivity (Wildman–Crippen MR) is 83.4 cm³/mol. The number of nitrogens with two attached hydrogens (primary N) is 1. The molecule has 2 amide bonds. The van der Waals surface area contributed by atoms with Crippen LogP contribution < -0.4 is 11.1 Å². The monoisotopic (exact) mass is 303 g/mol. The van der Waals surface area contributed by atoms with Crippen LogP contribution in [0.2, 0.25) is 0 Å². The van der Waals surface area contributed by atoms with E-state index < -0.39 is 6.03 Å². The van der Waals surface area contributed by atoms with E-state index in [1.54, 1.807) is 6.20 Å². The van der Waals surface area contributed by atoms with Crippen LogP contribution in [-0.4, -0.2) is 50.3 Å². The van der Waals surface area contributed by atoms with Crippen molar-refractivity contribution in [2.24, 2.45) is 5.73 Å². The first kappa shape index (κ1) is 14.7. The number of hydrogen-bond donors (Lipinski definition) is 2. The zero-order valence-corrected chi connectivity index (χ0v) is 12.5. The molecule has 0 atom stereocenters. The highest BCUT2D eigenvalue weighted by Crippen LogP contribution is 2.18. The number of carbonyl (C=O) groups excluding carboxylic acids is 1. The highest BCUT2D eigenvalue weighted by molar-refractivity contribution is 5.96. The van der Waals surface area contributed by atoms with Gasteiger partial charge in [0.1, 0.15) is 12.1 Å². The minimum Gasteiger partial charge on any atom is -0.351 e. The fourth-order valence-corrected chi connectivity index (χ4v) is 2.87.